The Labute approximate surface area is 185 Å². The number of rotatable bonds is 9. The lowest BCUT2D eigenvalue weighted by atomic mass is 10.0. The monoisotopic (exact) mass is 426 g/mol. The molecule has 0 aromatic heterocycles. The number of hydrogen-bond acceptors (Lipinski definition) is 5. The third-order valence-corrected chi connectivity index (χ3v) is 5.44. The van der Waals surface area contributed by atoms with Gasteiger partial charge in [0.05, 0.1) is 33.0 Å². The summed E-state index contributed by atoms with van der Waals surface area (Å²) in [5, 5.41) is 6.92. The smallest absolute Gasteiger partial charge is 0.191 e. The van der Waals surface area contributed by atoms with Gasteiger partial charge in [-0.25, -0.2) is 0 Å². The van der Waals surface area contributed by atoms with Gasteiger partial charge in [0.2, 0.25) is 0 Å². The molecule has 0 aliphatic carbocycles. The molecule has 0 radical (unpaired) electrons. The van der Waals surface area contributed by atoms with Crippen LogP contribution in [0.5, 0.6) is 5.75 Å². The van der Waals surface area contributed by atoms with Crippen molar-refractivity contribution in [3.63, 3.8) is 0 Å². The molecule has 1 aliphatic rings. The van der Waals surface area contributed by atoms with Crippen molar-refractivity contribution in [2.45, 2.75) is 19.2 Å². The van der Waals surface area contributed by atoms with Gasteiger partial charge < -0.3 is 24.8 Å². The summed E-state index contributed by atoms with van der Waals surface area (Å²) in [6, 6.07) is 16.9. The van der Waals surface area contributed by atoms with Crippen molar-refractivity contribution < 1.29 is 14.2 Å². The molecule has 1 heterocycles. The number of aliphatic imine (C=N–C) groups is 1. The highest BCUT2D eigenvalue weighted by Gasteiger charge is 2.23. The van der Waals surface area contributed by atoms with E-state index in [0.29, 0.717) is 13.2 Å². The van der Waals surface area contributed by atoms with Gasteiger partial charge in [0, 0.05) is 40.3 Å². The van der Waals surface area contributed by atoms with Gasteiger partial charge in [0.1, 0.15) is 5.75 Å². The lowest BCUT2D eigenvalue weighted by molar-refractivity contribution is 0.0170. The maximum Gasteiger partial charge on any atom is 0.191 e. The number of hydrogen-bond donors (Lipinski definition) is 2. The molecular formula is C24H34N4O3. The summed E-state index contributed by atoms with van der Waals surface area (Å²) < 4.78 is 16.1. The number of methoxy groups -OCH3 is 2. The molecule has 0 amide bonds. The second-order valence-corrected chi connectivity index (χ2v) is 7.50. The summed E-state index contributed by atoms with van der Waals surface area (Å²) in [7, 11) is 5.20. The summed E-state index contributed by atoms with van der Waals surface area (Å²) >= 11 is 0. The van der Waals surface area contributed by atoms with Crippen LogP contribution in [0.3, 0.4) is 0 Å². The summed E-state index contributed by atoms with van der Waals surface area (Å²) in [4.78, 5) is 6.86. The van der Waals surface area contributed by atoms with E-state index in [1.807, 2.05) is 12.1 Å². The Morgan fingerprint density at radius 3 is 2.48 bits per heavy atom. The first-order valence-corrected chi connectivity index (χ1v) is 10.7. The van der Waals surface area contributed by atoms with Crippen molar-refractivity contribution in [2.75, 3.05) is 54.1 Å². The molecule has 2 aromatic rings. The van der Waals surface area contributed by atoms with Crippen LogP contribution in [-0.2, 0) is 22.6 Å². The van der Waals surface area contributed by atoms with Crippen LogP contribution in [0.25, 0.3) is 0 Å². The number of morpholine rings is 1. The molecule has 1 fully saturated rings. The molecule has 1 saturated heterocycles. The summed E-state index contributed by atoms with van der Waals surface area (Å²) in [5.41, 5.74) is 3.60. The molecule has 7 heteroatoms. The molecule has 168 valence electrons. The molecule has 2 aromatic carbocycles. The molecule has 1 atom stereocenters. The van der Waals surface area contributed by atoms with Gasteiger partial charge >= 0.3 is 0 Å². The minimum absolute atomic E-state index is 0.221. The molecule has 1 unspecified atom stereocenters. The zero-order valence-corrected chi connectivity index (χ0v) is 18.8. The maximum absolute atomic E-state index is 5.56. The molecule has 0 bridgehead atoms. The normalized spacial score (nSPS) is 16.0. The molecule has 0 spiro atoms. The maximum atomic E-state index is 5.56. The lowest BCUT2D eigenvalue weighted by Gasteiger charge is -2.35. The van der Waals surface area contributed by atoms with Gasteiger partial charge in [-0.2, -0.15) is 0 Å². The second kappa shape index (κ2) is 12.3. The fourth-order valence-electron chi connectivity index (χ4n) is 3.77. The largest absolute Gasteiger partial charge is 0.497 e. The van der Waals surface area contributed by atoms with Gasteiger partial charge in [0.15, 0.2) is 5.96 Å². The zero-order valence-electron chi connectivity index (χ0n) is 18.8. The Morgan fingerprint density at radius 2 is 1.81 bits per heavy atom. The Morgan fingerprint density at radius 1 is 1.06 bits per heavy atom. The van der Waals surface area contributed by atoms with Crippen molar-refractivity contribution in [1.82, 2.24) is 15.5 Å². The van der Waals surface area contributed by atoms with Gasteiger partial charge in [-0.3, -0.25) is 9.89 Å². The second-order valence-electron chi connectivity index (χ2n) is 7.50. The zero-order chi connectivity index (χ0) is 21.9. The van der Waals surface area contributed by atoms with E-state index in [1.165, 1.54) is 11.1 Å². The molecule has 7 nitrogen and oxygen atoms in total. The number of nitrogens with zero attached hydrogens (tertiary/aromatic N) is 2. The van der Waals surface area contributed by atoms with Crippen LogP contribution >= 0.6 is 0 Å². The molecule has 31 heavy (non-hydrogen) atoms. The molecule has 1 aliphatic heterocycles. The van der Waals surface area contributed by atoms with E-state index >= 15 is 0 Å². The van der Waals surface area contributed by atoms with E-state index in [-0.39, 0.29) is 6.04 Å². The quantitative estimate of drug-likeness (QED) is 0.475. The Kier molecular flexibility index (Phi) is 9.15. The highest BCUT2D eigenvalue weighted by molar-refractivity contribution is 5.79. The van der Waals surface area contributed by atoms with Crippen LogP contribution in [-0.4, -0.2) is 65.0 Å². The number of benzene rings is 2. The summed E-state index contributed by atoms with van der Waals surface area (Å²) in [5.74, 6) is 1.65. The van der Waals surface area contributed by atoms with E-state index in [0.717, 1.165) is 50.1 Å². The first kappa shape index (κ1) is 23.1. The van der Waals surface area contributed by atoms with Crippen molar-refractivity contribution in [3.05, 3.63) is 65.2 Å². The van der Waals surface area contributed by atoms with E-state index in [9.17, 15) is 0 Å². The van der Waals surface area contributed by atoms with Crippen LogP contribution in [0, 0.1) is 0 Å². The van der Waals surface area contributed by atoms with Gasteiger partial charge in [-0.05, 0) is 28.8 Å². The standard InChI is InChI=1S/C24H34N4O3/c1-25-24(26-16-19-5-4-6-20(15-19)18-29-2)27-17-23(28-11-13-31-14-12-28)21-7-9-22(30-3)10-8-21/h4-10,15,23H,11-14,16-18H2,1-3H3,(H2,25,26,27). The van der Waals surface area contributed by atoms with Gasteiger partial charge in [-0.15, -0.1) is 0 Å². The topological polar surface area (TPSA) is 67.4 Å². The average Bonchev–Trinajstić information content (AvgIpc) is 2.82. The molecule has 2 N–H and O–H groups in total. The van der Waals surface area contributed by atoms with Crippen LogP contribution in [0.15, 0.2) is 53.5 Å². The van der Waals surface area contributed by atoms with Crippen LogP contribution in [0.1, 0.15) is 22.7 Å². The Balaban J connectivity index is 1.62. The van der Waals surface area contributed by atoms with Crippen LogP contribution in [0.4, 0.5) is 0 Å². The Hall–Kier alpha value is -2.61. The van der Waals surface area contributed by atoms with Crippen LogP contribution in [0.2, 0.25) is 0 Å². The van der Waals surface area contributed by atoms with Crippen LogP contribution < -0.4 is 15.4 Å². The van der Waals surface area contributed by atoms with E-state index < -0.39 is 0 Å². The fraction of sp³-hybridized carbons (Fsp3) is 0.458. The predicted octanol–water partition coefficient (Wildman–Crippen LogP) is 2.58. The summed E-state index contributed by atoms with van der Waals surface area (Å²) in [6.07, 6.45) is 0. The highest BCUT2D eigenvalue weighted by Crippen LogP contribution is 2.23. The minimum atomic E-state index is 0.221. The highest BCUT2D eigenvalue weighted by atomic mass is 16.5. The molecular weight excluding hydrogens is 392 g/mol. The average molecular weight is 427 g/mol. The third kappa shape index (κ3) is 6.95. The minimum Gasteiger partial charge on any atom is -0.497 e. The third-order valence-electron chi connectivity index (χ3n) is 5.44. The lowest BCUT2D eigenvalue weighted by Crippen LogP contribution is -2.46. The number of guanidine groups is 1. The predicted molar refractivity (Wildman–Crippen MR) is 123 cm³/mol. The summed E-state index contributed by atoms with van der Waals surface area (Å²) in [6.45, 7) is 5.41. The van der Waals surface area contributed by atoms with Gasteiger partial charge in [0.25, 0.3) is 0 Å². The van der Waals surface area contributed by atoms with Crippen molar-refractivity contribution in [2.24, 2.45) is 4.99 Å². The van der Waals surface area contributed by atoms with E-state index in [1.54, 1.807) is 21.3 Å². The first-order valence-electron chi connectivity index (χ1n) is 10.7. The Bertz CT molecular complexity index is 820. The molecule has 3 rings (SSSR count). The SMILES string of the molecule is CN=C(NCc1cccc(COC)c1)NCC(c1ccc(OC)cc1)N1CCOCC1. The van der Waals surface area contributed by atoms with Crippen molar-refractivity contribution in [3.8, 4) is 5.75 Å². The molecule has 0 saturated carbocycles. The van der Waals surface area contributed by atoms with Gasteiger partial charge in [-0.1, -0.05) is 36.4 Å². The van der Waals surface area contributed by atoms with E-state index in [2.05, 4.69) is 56.9 Å². The van der Waals surface area contributed by atoms with Crippen molar-refractivity contribution in [1.29, 1.82) is 0 Å². The van der Waals surface area contributed by atoms with Crippen molar-refractivity contribution >= 4 is 5.96 Å². The van der Waals surface area contributed by atoms with E-state index in [4.69, 9.17) is 14.2 Å². The number of nitrogens with one attached hydrogen (secondary N) is 2. The fourth-order valence-corrected chi connectivity index (χ4v) is 3.77. The first-order chi connectivity index (χ1) is 15.2. The number of ether oxygens (including phenoxy) is 3.